The van der Waals surface area contributed by atoms with Gasteiger partial charge in [0.15, 0.2) is 0 Å². The molecule has 4 nitrogen and oxygen atoms in total. The van der Waals surface area contributed by atoms with E-state index in [9.17, 15) is 0 Å². The lowest BCUT2D eigenvalue weighted by atomic mass is 10.1. The second-order valence-electron chi connectivity index (χ2n) is 3.97. The van der Waals surface area contributed by atoms with Crippen molar-refractivity contribution < 1.29 is 0 Å². The molecule has 94 valence electrons. The summed E-state index contributed by atoms with van der Waals surface area (Å²) in [6.45, 7) is 2.15. The van der Waals surface area contributed by atoms with Crippen LogP contribution in [0.3, 0.4) is 0 Å². The summed E-state index contributed by atoms with van der Waals surface area (Å²) in [5.41, 5.74) is 7.83. The van der Waals surface area contributed by atoms with E-state index in [-0.39, 0.29) is 5.95 Å². The largest absolute Gasteiger partial charge is 0.368 e. The molecule has 0 atom stereocenters. The minimum absolute atomic E-state index is 0.165. The van der Waals surface area contributed by atoms with Crippen LogP contribution >= 0.6 is 11.6 Å². The Bertz CT molecular complexity index is 522. The van der Waals surface area contributed by atoms with Gasteiger partial charge in [0, 0.05) is 11.8 Å². The zero-order valence-electron chi connectivity index (χ0n) is 10.2. The number of nitrogens with two attached hydrogens (primary N) is 1. The predicted molar refractivity (Wildman–Crippen MR) is 75.2 cm³/mol. The van der Waals surface area contributed by atoms with Gasteiger partial charge in [-0.05, 0) is 18.1 Å². The van der Waals surface area contributed by atoms with Crippen molar-refractivity contribution in [1.82, 2.24) is 9.97 Å². The highest BCUT2D eigenvalue weighted by Crippen LogP contribution is 2.22. The third kappa shape index (κ3) is 3.11. The number of benzene rings is 1. The van der Waals surface area contributed by atoms with E-state index >= 15 is 0 Å². The van der Waals surface area contributed by atoms with Crippen LogP contribution in [0.15, 0.2) is 30.3 Å². The Morgan fingerprint density at radius 2 is 2.06 bits per heavy atom. The van der Waals surface area contributed by atoms with Crippen LogP contribution in [-0.4, -0.2) is 9.97 Å². The van der Waals surface area contributed by atoms with E-state index in [2.05, 4.69) is 28.3 Å². The minimum atomic E-state index is 0.165. The second-order valence-corrected chi connectivity index (χ2v) is 4.35. The van der Waals surface area contributed by atoms with Crippen molar-refractivity contribution in [2.24, 2.45) is 0 Å². The number of aromatic nitrogens is 2. The van der Waals surface area contributed by atoms with Crippen molar-refractivity contribution in [2.75, 3.05) is 11.1 Å². The molecule has 1 aromatic carbocycles. The molecule has 18 heavy (non-hydrogen) atoms. The van der Waals surface area contributed by atoms with E-state index < -0.39 is 0 Å². The van der Waals surface area contributed by atoms with Gasteiger partial charge in [-0.15, -0.1) is 0 Å². The summed E-state index contributed by atoms with van der Waals surface area (Å²) in [6, 6.07) is 9.76. The number of anilines is 3. The quantitative estimate of drug-likeness (QED) is 0.829. The maximum atomic E-state index is 5.85. The van der Waals surface area contributed by atoms with E-state index in [1.165, 1.54) is 5.56 Å². The molecule has 0 spiro atoms. The monoisotopic (exact) mass is 262 g/mol. The number of nitrogens with one attached hydrogen (secondary N) is 1. The lowest BCUT2D eigenvalue weighted by Crippen LogP contribution is -2.01. The molecule has 0 saturated carbocycles. The van der Waals surface area contributed by atoms with E-state index in [1.807, 2.05) is 18.2 Å². The first-order chi connectivity index (χ1) is 8.69. The fraction of sp³-hybridized carbons (Fsp3) is 0.231. The van der Waals surface area contributed by atoms with Gasteiger partial charge in [-0.2, -0.15) is 4.98 Å². The van der Waals surface area contributed by atoms with Gasteiger partial charge < -0.3 is 11.1 Å². The SMILES string of the molecule is CCCc1ccccc1Nc1cc(Cl)nc(N)n1. The van der Waals surface area contributed by atoms with Gasteiger partial charge in [0.2, 0.25) is 5.95 Å². The first kappa shape index (κ1) is 12.6. The summed E-state index contributed by atoms with van der Waals surface area (Å²) in [7, 11) is 0. The molecular weight excluding hydrogens is 248 g/mol. The fourth-order valence-corrected chi connectivity index (χ4v) is 1.96. The second kappa shape index (κ2) is 5.69. The van der Waals surface area contributed by atoms with Crippen molar-refractivity contribution >= 4 is 29.1 Å². The van der Waals surface area contributed by atoms with Gasteiger partial charge in [-0.25, -0.2) is 4.98 Å². The first-order valence-corrected chi connectivity index (χ1v) is 6.22. The van der Waals surface area contributed by atoms with Crippen molar-refractivity contribution in [3.63, 3.8) is 0 Å². The zero-order valence-corrected chi connectivity index (χ0v) is 10.9. The molecule has 1 heterocycles. The molecule has 0 bridgehead atoms. The van der Waals surface area contributed by atoms with Crippen LogP contribution in [0.5, 0.6) is 0 Å². The molecular formula is C13H15ClN4. The topological polar surface area (TPSA) is 63.8 Å². The average molecular weight is 263 g/mol. The number of hydrogen-bond donors (Lipinski definition) is 2. The molecule has 0 saturated heterocycles. The molecule has 5 heteroatoms. The van der Waals surface area contributed by atoms with Crippen LogP contribution in [0.25, 0.3) is 0 Å². The van der Waals surface area contributed by atoms with Gasteiger partial charge in [0.1, 0.15) is 11.0 Å². The van der Waals surface area contributed by atoms with Crippen LogP contribution in [0, 0.1) is 0 Å². The summed E-state index contributed by atoms with van der Waals surface area (Å²) in [4.78, 5) is 7.93. The molecule has 3 N–H and O–H groups in total. The molecule has 2 aromatic rings. The minimum Gasteiger partial charge on any atom is -0.368 e. The summed E-state index contributed by atoms with van der Waals surface area (Å²) in [5.74, 6) is 0.772. The van der Waals surface area contributed by atoms with Crippen LogP contribution < -0.4 is 11.1 Å². The smallest absolute Gasteiger partial charge is 0.223 e. The standard InChI is InChI=1S/C13H15ClN4/c1-2-5-9-6-3-4-7-10(9)16-12-8-11(14)17-13(15)18-12/h3-4,6-8H,2,5H2,1H3,(H3,15,16,17,18). The third-order valence-corrected chi connectivity index (χ3v) is 2.71. The fourth-order valence-electron chi connectivity index (χ4n) is 1.77. The molecule has 0 aliphatic rings. The summed E-state index contributed by atoms with van der Waals surface area (Å²) in [6.07, 6.45) is 2.10. The van der Waals surface area contributed by atoms with Gasteiger partial charge in [0.25, 0.3) is 0 Å². The zero-order chi connectivity index (χ0) is 13.0. The molecule has 0 amide bonds. The summed E-state index contributed by atoms with van der Waals surface area (Å²) >= 11 is 5.85. The van der Waals surface area contributed by atoms with Crippen molar-refractivity contribution in [3.8, 4) is 0 Å². The van der Waals surface area contributed by atoms with Crippen LogP contribution in [0.2, 0.25) is 5.15 Å². The van der Waals surface area contributed by atoms with Gasteiger partial charge in [-0.3, -0.25) is 0 Å². The predicted octanol–water partition coefficient (Wildman–Crippen LogP) is 3.41. The Labute approximate surface area is 111 Å². The van der Waals surface area contributed by atoms with E-state index in [0.29, 0.717) is 11.0 Å². The Morgan fingerprint density at radius 3 is 2.78 bits per heavy atom. The van der Waals surface area contributed by atoms with E-state index in [1.54, 1.807) is 6.07 Å². The maximum absolute atomic E-state index is 5.85. The molecule has 0 aliphatic heterocycles. The number of aryl methyl sites for hydroxylation is 1. The normalized spacial score (nSPS) is 10.3. The van der Waals surface area contributed by atoms with Crippen molar-refractivity contribution in [2.45, 2.75) is 19.8 Å². The third-order valence-electron chi connectivity index (χ3n) is 2.51. The first-order valence-electron chi connectivity index (χ1n) is 5.84. The Balaban J connectivity index is 2.27. The van der Waals surface area contributed by atoms with Crippen molar-refractivity contribution in [3.05, 3.63) is 41.0 Å². The highest BCUT2D eigenvalue weighted by atomic mass is 35.5. The Kier molecular flexibility index (Phi) is 3.99. The Morgan fingerprint density at radius 1 is 1.28 bits per heavy atom. The van der Waals surface area contributed by atoms with Crippen molar-refractivity contribution in [1.29, 1.82) is 0 Å². The van der Waals surface area contributed by atoms with Crippen LogP contribution in [0.4, 0.5) is 17.5 Å². The molecule has 0 unspecified atom stereocenters. The molecule has 0 aliphatic carbocycles. The summed E-state index contributed by atoms with van der Waals surface area (Å²) < 4.78 is 0. The number of nitrogens with zero attached hydrogens (tertiary/aromatic N) is 2. The highest BCUT2D eigenvalue weighted by Gasteiger charge is 2.04. The maximum Gasteiger partial charge on any atom is 0.223 e. The lowest BCUT2D eigenvalue weighted by Gasteiger charge is -2.11. The molecule has 0 fully saturated rings. The molecule has 0 radical (unpaired) electrons. The number of nitrogen functional groups attached to an aromatic ring is 1. The Hall–Kier alpha value is -1.81. The average Bonchev–Trinajstić information content (AvgIpc) is 2.30. The lowest BCUT2D eigenvalue weighted by molar-refractivity contribution is 0.923. The number of hydrogen-bond acceptors (Lipinski definition) is 4. The van der Waals surface area contributed by atoms with E-state index in [4.69, 9.17) is 17.3 Å². The highest BCUT2D eigenvalue weighted by molar-refractivity contribution is 6.29. The van der Waals surface area contributed by atoms with Gasteiger partial charge in [-0.1, -0.05) is 43.1 Å². The number of halogens is 1. The summed E-state index contributed by atoms with van der Waals surface area (Å²) in [5, 5.41) is 3.55. The van der Waals surface area contributed by atoms with Crippen LogP contribution in [-0.2, 0) is 6.42 Å². The van der Waals surface area contributed by atoms with Crippen LogP contribution in [0.1, 0.15) is 18.9 Å². The molecule has 2 rings (SSSR count). The molecule has 1 aromatic heterocycles. The van der Waals surface area contributed by atoms with Gasteiger partial charge in [0.05, 0.1) is 0 Å². The number of rotatable bonds is 4. The van der Waals surface area contributed by atoms with E-state index in [0.717, 1.165) is 18.5 Å². The number of para-hydroxylation sites is 1. The van der Waals surface area contributed by atoms with Gasteiger partial charge >= 0.3 is 0 Å².